The number of aromatic nitrogens is 1. The van der Waals surface area contributed by atoms with Crippen LogP contribution in [-0.2, 0) is 9.05 Å². The van der Waals surface area contributed by atoms with E-state index in [9.17, 15) is 13.2 Å². The van der Waals surface area contributed by atoms with Gasteiger partial charge in [0.15, 0.2) is 0 Å². The highest BCUT2D eigenvalue weighted by Gasteiger charge is 2.40. The molecule has 1 aliphatic carbocycles. The first-order valence-electron chi connectivity index (χ1n) is 7.13. The van der Waals surface area contributed by atoms with Gasteiger partial charge in [0.2, 0.25) is 0 Å². The van der Waals surface area contributed by atoms with Crippen molar-refractivity contribution in [2.24, 2.45) is 5.41 Å². The Bertz CT molecular complexity index is 645. The Morgan fingerprint density at radius 2 is 2.10 bits per heavy atom. The second-order valence-corrected chi connectivity index (χ2v) is 8.60. The molecule has 1 N–H and O–H groups in total. The number of halogens is 1. The van der Waals surface area contributed by atoms with Gasteiger partial charge in [-0.15, -0.1) is 0 Å². The predicted molar refractivity (Wildman–Crippen MR) is 82.1 cm³/mol. The zero-order valence-electron chi connectivity index (χ0n) is 12.5. The third kappa shape index (κ3) is 3.61. The lowest BCUT2D eigenvalue weighted by Crippen LogP contribution is -2.31. The molecule has 1 amide bonds. The van der Waals surface area contributed by atoms with Gasteiger partial charge in [-0.3, -0.25) is 4.79 Å². The second-order valence-electron chi connectivity index (χ2n) is 6.04. The van der Waals surface area contributed by atoms with Crippen molar-refractivity contribution in [3.63, 3.8) is 0 Å². The summed E-state index contributed by atoms with van der Waals surface area (Å²) in [5.74, 6) is -0.255. The van der Waals surface area contributed by atoms with Gasteiger partial charge in [-0.1, -0.05) is 6.92 Å². The van der Waals surface area contributed by atoms with Crippen LogP contribution in [0.15, 0.2) is 17.2 Å². The number of hydrogen-bond donors (Lipinski definition) is 1. The molecule has 0 unspecified atom stereocenters. The van der Waals surface area contributed by atoms with Crippen molar-refractivity contribution in [2.75, 3.05) is 6.54 Å². The number of hydrogen-bond acceptors (Lipinski definition) is 3. The lowest BCUT2D eigenvalue weighted by atomic mass is 10.0. The molecule has 0 atom stereocenters. The first-order chi connectivity index (χ1) is 9.68. The molecule has 0 bridgehead atoms. The standard InChI is InChI=1S/C14H21ClN2O3S/c1-4-14(5-6-14)9-16-13(18)12-7-11(21(15,19)20)8-17(12)10(2)3/h7-8,10H,4-6,9H2,1-3H3,(H,16,18). The van der Waals surface area contributed by atoms with Crippen LogP contribution in [0.1, 0.15) is 56.6 Å². The van der Waals surface area contributed by atoms with Crippen molar-refractivity contribution < 1.29 is 13.2 Å². The smallest absolute Gasteiger partial charge is 0.267 e. The summed E-state index contributed by atoms with van der Waals surface area (Å²) in [6.45, 7) is 6.52. The molecule has 0 aliphatic heterocycles. The van der Waals surface area contributed by atoms with E-state index in [-0.39, 0.29) is 22.3 Å². The van der Waals surface area contributed by atoms with E-state index >= 15 is 0 Å². The molecule has 0 spiro atoms. The minimum Gasteiger partial charge on any atom is -0.350 e. The maximum absolute atomic E-state index is 12.3. The number of rotatable bonds is 6. The number of amides is 1. The molecule has 118 valence electrons. The fraction of sp³-hybridized carbons (Fsp3) is 0.643. The second kappa shape index (κ2) is 5.65. The monoisotopic (exact) mass is 332 g/mol. The van der Waals surface area contributed by atoms with Gasteiger partial charge in [0, 0.05) is 29.5 Å². The Morgan fingerprint density at radius 3 is 2.52 bits per heavy atom. The summed E-state index contributed by atoms with van der Waals surface area (Å²) in [6.07, 6.45) is 4.72. The zero-order chi connectivity index (χ0) is 15.8. The van der Waals surface area contributed by atoms with Crippen molar-refractivity contribution in [1.29, 1.82) is 0 Å². The first kappa shape index (κ1) is 16.4. The molecule has 21 heavy (non-hydrogen) atoms. The van der Waals surface area contributed by atoms with Crippen molar-refractivity contribution in [3.8, 4) is 0 Å². The van der Waals surface area contributed by atoms with Gasteiger partial charge in [0.25, 0.3) is 15.0 Å². The van der Waals surface area contributed by atoms with Crippen LogP contribution in [0.5, 0.6) is 0 Å². The molecule has 1 saturated carbocycles. The SMILES string of the molecule is CCC1(CNC(=O)c2cc(S(=O)(=O)Cl)cn2C(C)C)CC1. The molecule has 5 nitrogen and oxygen atoms in total. The molecule has 1 aromatic rings. The normalized spacial score (nSPS) is 17.0. The minimum atomic E-state index is -3.84. The number of carbonyl (C=O) groups excluding carboxylic acids is 1. The van der Waals surface area contributed by atoms with Crippen LogP contribution in [-0.4, -0.2) is 25.4 Å². The molecule has 1 fully saturated rings. The van der Waals surface area contributed by atoms with Crippen LogP contribution in [0.2, 0.25) is 0 Å². The summed E-state index contributed by atoms with van der Waals surface area (Å²) in [7, 11) is 1.53. The quantitative estimate of drug-likeness (QED) is 0.814. The van der Waals surface area contributed by atoms with E-state index in [0.29, 0.717) is 12.2 Å². The lowest BCUT2D eigenvalue weighted by Gasteiger charge is -2.16. The van der Waals surface area contributed by atoms with Crippen LogP contribution in [0.4, 0.5) is 0 Å². The highest BCUT2D eigenvalue weighted by atomic mass is 35.7. The number of nitrogens with zero attached hydrogens (tertiary/aromatic N) is 1. The van der Waals surface area contributed by atoms with Crippen LogP contribution in [0.3, 0.4) is 0 Å². The fourth-order valence-corrected chi connectivity index (χ4v) is 3.13. The third-order valence-corrected chi connectivity index (χ3v) is 5.55. The van der Waals surface area contributed by atoms with Gasteiger partial charge >= 0.3 is 0 Å². The van der Waals surface area contributed by atoms with Gasteiger partial charge < -0.3 is 9.88 Å². The third-order valence-electron chi connectivity index (χ3n) is 4.23. The molecule has 2 rings (SSSR count). The predicted octanol–water partition coefficient (Wildman–Crippen LogP) is 2.92. The van der Waals surface area contributed by atoms with Gasteiger partial charge in [-0.25, -0.2) is 8.42 Å². The average Bonchev–Trinajstić information content (AvgIpc) is 3.02. The maximum Gasteiger partial charge on any atom is 0.267 e. The van der Waals surface area contributed by atoms with Crippen molar-refractivity contribution in [2.45, 2.75) is 51.0 Å². The summed E-state index contributed by atoms with van der Waals surface area (Å²) in [4.78, 5) is 12.3. The van der Waals surface area contributed by atoms with E-state index in [2.05, 4.69) is 12.2 Å². The topological polar surface area (TPSA) is 68.2 Å². The summed E-state index contributed by atoms with van der Waals surface area (Å²) < 4.78 is 24.5. The summed E-state index contributed by atoms with van der Waals surface area (Å²) >= 11 is 0. The van der Waals surface area contributed by atoms with Gasteiger partial charge in [-0.2, -0.15) is 0 Å². The summed E-state index contributed by atoms with van der Waals surface area (Å²) in [6, 6.07) is 1.31. The molecular formula is C14H21ClN2O3S. The maximum atomic E-state index is 12.3. The molecule has 1 aliphatic rings. The molecule has 0 aromatic carbocycles. The largest absolute Gasteiger partial charge is 0.350 e. The van der Waals surface area contributed by atoms with Crippen molar-refractivity contribution >= 4 is 25.6 Å². The van der Waals surface area contributed by atoms with Crippen LogP contribution < -0.4 is 5.32 Å². The molecule has 1 heterocycles. The summed E-state index contributed by atoms with van der Waals surface area (Å²) in [5, 5.41) is 2.92. The summed E-state index contributed by atoms with van der Waals surface area (Å²) in [5.41, 5.74) is 0.572. The van der Waals surface area contributed by atoms with E-state index in [1.54, 1.807) is 4.57 Å². The van der Waals surface area contributed by atoms with E-state index in [0.717, 1.165) is 19.3 Å². The highest BCUT2D eigenvalue weighted by Crippen LogP contribution is 2.47. The van der Waals surface area contributed by atoms with E-state index in [1.165, 1.54) is 12.3 Å². The Morgan fingerprint density at radius 1 is 1.48 bits per heavy atom. The van der Waals surface area contributed by atoms with E-state index in [4.69, 9.17) is 10.7 Å². The van der Waals surface area contributed by atoms with Crippen LogP contribution in [0.25, 0.3) is 0 Å². The Hall–Kier alpha value is -1.01. The Kier molecular flexibility index (Phi) is 4.40. The average molecular weight is 333 g/mol. The Balaban J connectivity index is 2.21. The van der Waals surface area contributed by atoms with Crippen molar-refractivity contribution in [3.05, 3.63) is 18.0 Å². The van der Waals surface area contributed by atoms with E-state index in [1.807, 2.05) is 13.8 Å². The molecular weight excluding hydrogens is 312 g/mol. The molecule has 7 heteroatoms. The molecule has 0 saturated heterocycles. The van der Waals surface area contributed by atoms with Crippen LogP contribution in [0, 0.1) is 5.41 Å². The number of carbonyl (C=O) groups is 1. The zero-order valence-corrected chi connectivity index (χ0v) is 14.1. The molecule has 1 aromatic heterocycles. The van der Waals surface area contributed by atoms with Crippen molar-refractivity contribution in [1.82, 2.24) is 9.88 Å². The van der Waals surface area contributed by atoms with Gasteiger partial charge in [0.1, 0.15) is 10.6 Å². The minimum absolute atomic E-state index is 0.0287. The lowest BCUT2D eigenvalue weighted by molar-refractivity contribution is 0.0933. The highest BCUT2D eigenvalue weighted by molar-refractivity contribution is 8.13. The molecule has 0 radical (unpaired) electrons. The van der Waals surface area contributed by atoms with Crippen LogP contribution >= 0.6 is 10.7 Å². The fourth-order valence-electron chi connectivity index (χ4n) is 2.39. The van der Waals surface area contributed by atoms with Gasteiger partial charge in [0.05, 0.1) is 0 Å². The Labute approximate surface area is 130 Å². The van der Waals surface area contributed by atoms with E-state index < -0.39 is 9.05 Å². The van der Waals surface area contributed by atoms with Gasteiger partial charge in [-0.05, 0) is 44.6 Å². The number of nitrogens with one attached hydrogen (secondary N) is 1. The first-order valence-corrected chi connectivity index (χ1v) is 9.44.